The van der Waals surface area contributed by atoms with E-state index in [1.807, 2.05) is 0 Å². The summed E-state index contributed by atoms with van der Waals surface area (Å²) in [6.07, 6.45) is 2.16. The molecule has 0 fully saturated rings. The van der Waals surface area contributed by atoms with Crippen molar-refractivity contribution >= 4 is 16.5 Å². The predicted molar refractivity (Wildman–Crippen MR) is 83.2 cm³/mol. The molecule has 5 heteroatoms. The molecule has 0 aliphatic rings. The third-order valence-corrected chi connectivity index (χ3v) is 4.37. The Balaban J connectivity index is 2.74. The van der Waals surface area contributed by atoms with Crippen molar-refractivity contribution in [3.63, 3.8) is 0 Å². The maximum Gasteiger partial charge on any atom is 0.185 e. The number of anilines is 1. The number of aromatic nitrogens is 1. The standard InChI is InChI=1S/C14H27N3OS/c1-6-8-15-9-13-12(7-2)16-14(19-13)17(4)11(3)10-18-5/h11,15H,6-10H2,1-5H3. The monoisotopic (exact) mass is 285 g/mol. The number of nitrogens with zero attached hydrogens (tertiary/aromatic N) is 2. The average molecular weight is 285 g/mol. The Morgan fingerprint density at radius 2 is 2.16 bits per heavy atom. The van der Waals surface area contributed by atoms with Crippen LogP contribution in [0.4, 0.5) is 5.13 Å². The predicted octanol–water partition coefficient (Wildman–Crippen LogP) is 2.68. The molecule has 0 saturated carbocycles. The second-order valence-corrected chi connectivity index (χ2v) is 5.87. The zero-order chi connectivity index (χ0) is 14.3. The van der Waals surface area contributed by atoms with Crippen LogP contribution in [0.1, 0.15) is 37.8 Å². The smallest absolute Gasteiger partial charge is 0.185 e. The Morgan fingerprint density at radius 1 is 1.42 bits per heavy atom. The summed E-state index contributed by atoms with van der Waals surface area (Å²) in [6, 6.07) is 0.345. The van der Waals surface area contributed by atoms with Gasteiger partial charge in [0.2, 0.25) is 0 Å². The van der Waals surface area contributed by atoms with Gasteiger partial charge >= 0.3 is 0 Å². The van der Waals surface area contributed by atoms with Crippen LogP contribution in [0.15, 0.2) is 0 Å². The van der Waals surface area contributed by atoms with Crippen molar-refractivity contribution in [3.8, 4) is 0 Å². The largest absolute Gasteiger partial charge is 0.383 e. The summed E-state index contributed by atoms with van der Waals surface area (Å²) in [6.45, 7) is 9.23. The molecule has 4 nitrogen and oxygen atoms in total. The minimum absolute atomic E-state index is 0.345. The van der Waals surface area contributed by atoms with E-state index in [-0.39, 0.29) is 0 Å². The maximum absolute atomic E-state index is 5.21. The normalized spacial score (nSPS) is 12.7. The van der Waals surface area contributed by atoms with Crippen molar-refractivity contribution in [1.29, 1.82) is 0 Å². The molecule has 110 valence electrons. The molecule has 1 atom stereocenters. The molecule has 0 aliphatic carbocycles. The number of hydrogen-bond donors (Lipinski definition) is 1. The van der Waals surface area contributed by atoms with E-state index in [1.54, 1.807) is 18.4 Å². The molecule has 0 radical (unpaired) electrons. The number of aryl methyl sites for hydroxylation is 1. The van der Waals surface area contributed by atoms with Gasteiger partial charge in [-0.15, -0.1) is 11.3 Å². The highest BCUT2D eigenvalue weighted by Gasteiger charge is 2.16. The van der Waals surface area contributed by atoms with E-state index in [9.17, 15) is 0 Å². The van der Waals surface area contributed by atoms with Gasteiger partial charge in [-0.05, 0) is 26.3 Å². The fraction of sp³-hybridized carbons (Fsp3) is 0.786. The van der Waals surface area contributed by atoms with Crippen molar-refractivity contribution < 1.29 is 4.74 Å². The Hall–Kier alpha value is -0.650. The van der Waals surface area contributed by atoms with Crippen LogP contribution in [-0.2, 0) is 17.7 Å². The first-order chi connectivity index (χ1) is 9.13. The number of ether oxygens (including phenoxy) is 1. The molecule has 0 spiro atoms. The van der Waals surface area contributed by atoms with Crippen molar-refractivity contribution in [1.82, 2.24) is 10.3 Å². The lowest BCUT2D eigenvalue weighted by Crippen LogP contribution is -2.32. The summed E-state index contributed by atoms with van der Waals surface area (Å²) in [7, 11) is 3.83. The zero-order valence-electron chi connectivity index (χ0n) is 12.8. The summed E-state index contributed by atoms with van der Waals surface area (Å²) in [5.41, 5.74) is 1.22. The minimum atomic E-state index is 0.345. The third kappa shape index (κ3) is 4.75. The fourth-order valence-electron chi connectivity index (χ4n) is 1.86. The van der Waals surface area contributed by atoms with E-state index >= 15 is 0 Å². The highest BCUT2D eigenvalue weighted by Crippen LogP contribution is 2.27. The fourth-order valence-corrected chi connectivity index (χ4v) is 3.04. The van der Waals surface area contributed by atoms with Crippen LogP contribution in [0.5, 0.6) is 0 Å². The van der Waals surface area contributed by atoms with Gasteiger partial charge in [0.1, 0.15) is 0 Å². The Bertz CT molecular complexity index is 368. The van der Waals surface area contributed by atoms with Crippen LogP contribution in [-0.4, -0.2) is 38.3 Å². The molecule has 0 amide bonds. The number of likely N-dealkylation sites (N-methyl/N-ethyl adjacent to an activating group) is 1. The van der Waals surface area contributed by atoms with Crippen LogP contribution in [0.3, 0.4) is 0 Å². The SMILES string of the molecule is CCCNCc1sc(N(C)C(C)COC)nc1CC. The lowest BCUT2D eigenvalue weighted by Gasteiger charge is -2.23. The lowest BCUT2D eigenvalue weighted by molar-refractivity contribution is 0.183. The molecule has 1 rings (SSSR count). The molecular formula is C14H27N3OS. The van der Waals surface area contributed by atoms with E-state index in [1.165, 1.54) is 10.6 Å². The number of hydrogen-bond acceptors (Lipinski definition) is 5. The van der Waals surface area contributed by atoms with Gasteiger partial charge in [-0.2, -0.15) is 0 Å². The Labute approximate surface area is 121 Å². The number of nitrogens with one attached hydrogen (secondary N) is 1. The molecule has 1 heterocycles. The van der Waals surface area contributed by atoms with Gasteiger partial charge in [0.15, 0.2) is 5.13 Å². The summed E-state index contributed by atoms with van der Waals surface area (Å²) >= 11 is 1.79. The first kappa shape index (κ1) is 16.4. The molecule has 0 aromatic carbocycles. The van der Waals surface area contributed by atoms with Crippen molar-refractivity contribution in [2.45, 2.75) is 46.2 Å². The molecule has 0 saturated heterocycles. The van der Waals surface area contributed by atoms with Crippen molar-refractivity contribution in [3.05, 3.63) is 10.6 Å². The molecule has 1 aromatic rings. The third-order valence-electron chi connectivity index (χ3n) is 3.18. The zero-order valence-corrected chi connectivity index (χ0v) is 13.6. The first-order valence-corrected chi connectivity index (χ1v) is 7.86. The van der Waals surface area contributed by atoms with Crippen molar-refractivity contribution in [2.75, 3.05) is 32.2 Å². The van der Waals surface area contributed by atoms with Gasteiger partial charge in [-0.1, -0.05) is 13.8 Å². The van der Waals surface area contributed by atoms with Gasteiger partial charge in [-0.25, -0.2) is 4.98 Å². The second kappa shape index (κ2) is 8.51. The highest BCUT2D eigenvalue weighted by atomic mass is 32.1. The van der Waals surface area contributed by atoms with E-state index in [0.29, 0.717) is 6.04 Å². The summed E-state index contributed by atoms with van der Waals surface area (Å²) in [4.78, 5) is 8.33. The molecule has 1 aromatic heterocycles. The van der Waals surface area contributed by atoms with Crippen LogP contribution in [0.25, 0.3) is 0 Å². The molecule has 0 bridgehead atoms. The topological polar surface area (TPSA) is 37.4 Å². The average Bonchev–Trinajstić information content (AvgIpc) is 2.81. The van der Waals surface area contributed by atoms with E-state index in [2.05, 4.69) is 38.0 Å². The van der Waals surface area contributed by atoms with Crippen molar-refractivity contribution in [2.24, 2.45) is 0 Å². The van der Waals surface area contributed by atoms with Gasteiger partial charge in [0.25, 0.3) is 0 Å². The molecule has 0 aliphatic heterocycles. The number of methoxy groups -OCH3 is 1. The van der Waals surface area contributed by atoms with Crippen LogP contribution in [0.2, 0.25) is 0 Å². The maximum atomic E-state index is 5.21. The van der Waals surface area contributed by atoms with Gasteiger partial charge in [0, 0.05) is 25.6 Å². The molecule has 19 heavy (non-hydrogen) atoms. The lowest BCUT2D eigenvalue weighted by atomic mass is 10.3. The number of rotatable bonds is 9. The highest BCUT2D eigenvalue weighted by molar-refractivity contribution is 7.15. The quantitative estimate of drug-likeness (QED) is 0.708. The van der Waals surface area contributed by atoms with E-state index < -0.39 is 0 Å². The molecule has 1 N–H and O–H groups in total. The number of thiazole rings is 1. The van der Waals surface area contributed by atoms with E-state index in [4.69, 9.17) is 9.72 Å². The van der Waals surface area contributed by atoms with Gasteiger partial charge in [-0.3, -0.25) is 0 Å². The molecule has 1 unspecified atom stereocenters. The summed E-state index contributed by atoms with van der Waals surface area (Å²) in [5, 5.41) is 4.55. The van der Waals surface area contributed by atoms with Gasteiger partial charge in [0.05, 0.1) is 18.3 Å². The van der Waals surface area contributed by atoms with Crippen LogP contribution in [0, 0.1) is 0 Å². The van der Waals surface area contributed by atoms with Crippen LogP contribution < -0.4 is 10.2 Å². The Morgan fingerprint density at radius 3 is 2.74 bits per heavy atom. The minimum Gasteiger partial charge on any atom is -0.383 e. The summed E-state index contributed by atoms with van der Waals surface area (Å²) < 4.78 is 5.21. The van der Waals surface area contributed by atoms with Gasteiger partial charge < -0.3 is 15.0 Å². The Kier molecular flexibility index (Phi) is 7.34. The summed E-state index contributed by atoms with van der Waals surface area (Å²) in [5.74, 6) is 0. The molecular weight excluding hydrogens is 258 g/mol. The van der Waals surface area contributed by atoms with Crippen LogP contribution >= 0.6 is 11.3 Å². The second-order valence-electron chi connectivity index (χ2n) is 4.81. The van der Waals surface area contributed by atoms with E-state index in [0.717, 1.165) is 37.7 Å². The first-order valence-electron chi connectivity index (χ1n) is 7.05.